The molecule has 0 aromatic heterocycles. The highest BCUT2D eigenvalue weighted by atomic mass is 16.6. The summed E-state index contributed by atoms with van der Waals surface area (Å²) in [7, 11) is 0. The maximum Gasteiger partial charge on any atom is 0.0817 e. The molecule has 3 aliphatic rings. The Bertz CT molecular complexity index is 317. The number of hydrogen-bond acceptors (Lipinski definition) is 3. The molecule has 3 rings (SSSR count). The first-order chi connectivity index (χ1) is 9.65. The van der Waals surface area contributed by atoms with Crippen LogP contribution >= 0.6 is 0 Å². The summed E-state index contributed by atoms with van der Waals surface area (Å²) >= 11 is 0. The molecule has 20 heavy (non-hydrogen) atoms. The minimum atomic E-state index is -0.0543. The zero-order chi connectivity index (χ0) is 14.1. The van der Waals surface area contributed by atoms with Crippen LogP contribution in [0.3, 0.4) is 0 Å². The van der Waals surface area contributed by atoms with Gasteiger partial charge in [0.15, 0.2) is 0 Å². The van der Waals surface area contributed by atoms with E-state index in [0.717, 1.165) is 25.4 Å². The quantitative estimate of drug-likeness (QED) is 0.859. The molecular weight excluding hydrogens is 250 g/mol. The molecule has 0 bridgehead atoms. The van der Waals surface area contributed by atoms with Gasteiger partial charge in [-0.05, 0) is 57.3 Å². The molecule has 2 aliphatic carbocycles. The summed E-state index contributed by atoms with van der Waals surface area (Å²) in [6, 6.07) is 0. The van der Waals surface area contributed by atoms with Crippen LogP contribution in [0.5, 0.6) is 0 Å². The second-order valence-corrected chi connectivity index (χ2v) is 7.55. The first-order valence-corrected chi connectivity index (χ1v) is 8.67. The summed E-state index contributed by atoms with van der Waals surface area (Å²) in [6.07, 6.45) is 12.7. The molecule has 3 nitrogen and oxygen atoms in total. The van der Waals surface area contributed by atoms with Crippen LogP contribution in [0.4, 0.5) is 0 Å². The number of rotatable bonds is 4. The van der Waals surface area contributed by atoms with Gasteiger partial charge in [-0.15, -0.1) is 0 Å². The highest BCUT2D eigenvalue weighted by Gasteiger charge is 2.43. The maximum atomic E-state index is 6.35. The van der Waals surface area contributed by atoms with E-state index >= 15 is 0 Å². The molecule has 1 heterocycles. The third-order valence-corrected chi connectivity index (χ3v) is 5.99. The van der Waals surface area contributed by atoms with E-state index in [9.17, 15) is 0 Å². The van der Waals surface area contributed by atoms with Crippen LogP contribution in [0, 0.1) is 5.92 Å². The lowest BCUT2D eigenvalue weighted by Gasteiger charge is -2.39. The first kappa shape index (κ1) is 14.8. The Morgan fingerprint density at radius 1 is 1.05 bits per heavy atom. The second kappa shape index (κ2) is 5.94. The van der Waals surface area contributed by atoms with Crippen molar-refractivity contribution in [3.63, 3.8) is 0 Å². The highest BCUT2D eigenvalue weighted by Crippen LogP contribution is 2.44. The van der Waals surface area contributed by atoms with Crippen molar-refractivity contribution in [1.82, 2.24) is 0 Å². The molecule has 1 aliphatic heterocycles. The Morgan fingerprint density at radius 3 is 2.40 bits per heavy atom. The molecule has 116 valence electrons. The summed E-state index contributed by atoms with van der Waals surface area (Å²) in [5.74, 6) is 0.836. The van der Waals surface area contributed by atoms with Gasteiger partial charge in [0, 0.05) is 6.54 Å². The van der Waals surface area contributed by atoms with E-state index in [2.05, 4.69) is 6.92 Å². The predicted molar refractivity (Wildman–Crippen MR) is 80.7 cm³/mol. The number of ether oxygens (including phenoxy) is 2. The monoisotopic (exact) mass is 281 g/mol. The molecule has 2 saturated carbocycles. The van der Waals surface area contributed by atoms with Crippen molar-refractivity contribution in [3.05, 3.63) is 0 Å². The third kappa shape index (κ3) is 3.05. The van der Waals surface area contributed by atoms with Crippen molar-refractivity contribution in [2.24, 2.45) is 11.7 Å². The second-order valence-electron chi connectivity index (χ2n) is 7.55. The van der Waals surface area contributed by atoms with E-state index < -0.39 is 0 Å². The van der Waals surface area contributed by atoms with Crippen molar-refractivity contribution in [3.8, 4) is 0 Å². The van der Waals surface area contributed by atoms with Crippen molar-refractivity contribution in [1.29, 1.82) is 0 Å². The number of nitrogens with two attached hydrogens (primary N) is 1. The summed E-state index contributed by atoms with van der Waals surface area (Å²) in [6.45, 7) is 3.76. The van der Waals surface area contributed by atoms with E-state index in [1.807, 2.05) is 0 Å². The molecule has 3 heteroatoms. The molecule has 1 atom stereocenters. The minimum Gasteiger partial charge on any atom is -0.371 e. The Labute approximate surface area is 123 Å². The number of hydrogen-bond donors (Lipinski definition) is 1. The van der Waals surface area contributed by atoms with Gasteiger partial charge >= 0.3 is 0 Å². The van der Waals surface area contributed by atoms with Gasteiger partial charge in [0.05, 0.1) is 23.9 Å². The van der Waals surface area contributed by atoms with Gasteiger partial charge in [-0.3, -0.25) is 0 Å². The zero-order valence-corrected chi connectivity index (χ0v) is 13.0. The largest absolute Gasteiger partial charge is 0.371 e. The molecule has 0 aromatic carbocycles. The summed E-state index contributed by atoms with van der Waals surface area (Å²) < 4.78 is 12.7. The van der Waals surface area contributed by atoms with Crippen molar-refractivity contribution in [2.45, 2.75) is 88.4 Å². The summed E-state index contributed by atoms with van der Waals surface area (Å²) in [5.41, 5.74) is 6.19. The fourth-order valence-electron chi connectivity index (χ4n) is 4.37. The van der Waals surface area contributed by atoms with Crippen LogP contribution in [0.15, 0.2) is 0 Å². The van der Waals surface area contributed by atoms with E-state index in [1.165, 1.54) is 51.4 Å². The Balaban J connectivity index is 1.49. The Kier molecular flexibility index (Phi) is 4.40. The van der Waals surface area contributed by atoms with Crippen LogP contribution in [-0.4, -0.2) is 30.5 Å². The molecule has 1 unspecified atom stereocenters. The Morgan fingerprint density at radius 2 is 1.75 bits per heavy atom. The molecule has 0 amide bonds. The smallest absolute Gasteiger partial charge is 0.0817 e. The van der Waals surface area contributed by atoms with Gasteiger partial charge in [0.2, 0.25) is 0 Å². The van der Waals surface area contributed by atoms with E-state index in [1.54, 1.807) is 0 Å². The molecule has 2 N–H and O–H groups in total. The van der Waals surface area contributed by atoms with Crippen molar-refractivity contribution < 1.29 is 9.47 Å². The topological polar surface area (TPSA) is 44.5 Å². The molecule has 0 aromatic rings. The fourth-order valence-corrected chi connectivity index (χ4v) is 4.37. The van der Waals surface area contributed by atoms with Crippen LogP contribution in [0.1, 0.15) is 71.1 Å². The SMILES string of the molecule is CC1CCC(CN)(OCC2CCC3(CCCC3)O2)CC1. The average Bonchev–Trinajstić information content (AvgIpc) is 3.10. The Hall–Kier alpha value is -0.120. The highest BCUT2D eigenvalue weighted by molar-refractivity contribution is 4.94. The van der Waals surface area contributed by atoms with Gasteiger partial charge in [-0.1, -0.05) is 19.8 Å². The van der Waals surface area contributed by atoms with Gasteiger partial charge in [0.25, 0.3) is 0 Å². The standard InChI is InChI=1S/C17H31NO2/c1-14-4-9-17(13-18,10-5-14)19-12-15-6-11-16(20-15)7-2-3-8-16/h14-15H,2-13,18H2,1H3. The van der Waals surface area contributed by atoms with Crippen LogP contribution in [-0.2, 0) is 9.47 Å². The zero-order valence-electron chi connectivity index (χ0n) is 13.0. The molecular formula is C17H31NO2. The normalized spacial score (nSPS) is 40.5. The lowest BCUT2D eigenvalue weighted by Crippen LogP contribution is -2.45. The maximum absolute atomic E-state index is 6.35. The third-order valence-electron chi connectivity index (χ3n) is 5.99. The summed E-state index contributed by atoms with van der Waals surface area (Å²) in [4.78, 5) is 0. The lowest BCUT2D eigenvalue weighted by atomic mass is 9.79. The van der Waals surface area contributed by atoms with E-state index in [-0.39, 0.29) is 11.2 Å². The predicted octanol–water partition coefficient (Wildman–Crippen LogP) is 3.40. The van der Waals surface area contributed by atoms with Gasteiger partial charge < -0.3 is 15.2 Å². The van der Waals surface area contributed by atoms with Gasteiger partial charge in [-0.2, -0.15) is 0 Å². The van der Waals surface area contributed by atoms with E-state index in [4.69, 9.17) is 15.2 Å². The first-order valence-electron chi connectivity index (χ1n) is 8.67. The van der Waals surface area contributed by atoms with Crippen LogP contribution in [0.2, 0.25) is 0 Å². The van der Waals surface area contributed by atoms with Crippen LogP contribution in [0.25, 0.3) is 0 Å². The van der Waals surface area contributed by atoms with Gasteiger partial charge in [0.1, 0.15) is 0 Å². The lowest BCUT2D eigenvalue weighted by molar-refractivity contribution is -0.125. The van der Waals surface area contributed by atoms with Crippen molar-refractivity contribution >= 4 is 0 Å². The van der Waals surface area contributed by atoms with E-state index in [0.29, 0.717) is 12.6 Å². The van der Waals surface area contributed by atoms with Crippen LogP contribution < -0.4 is 5.73 Å². The van der Waals surface area contributed by atoms with Crippen molar-refractivity contribution in [2.75, 3.05) is 13.2 Å². The molecule has 3 fully saturated rings. The average molecular weight is 281 g/mol. The molecule has 0 radical (unpaired) electrons. The fraction of sp³-hybridized carbons (Fsp3) is 1.00. The molecule has 1 spiro atoms. The summed E-state index contributed by atoms with van der Waals surface area (Å²) in [5, 5.41) is 0. The molecule has 1 saturated heterocycles. The van der Waals surface area contributed by atoms with Gasteiger partial charge in [-0.25, -0.2) is 0 Å². The minimum absolute atomic E-state index is 0.0543.